The van der Waals surface area contributed by atoms with Crippen LogP contribution in [0.1, 0.15) is 95.8 Å². The fourth-order valence-corrected chi connectivity index (χ4v) is 24.3. The Morgan fingerprint density at radius 3 is 0.911 bits per heavy atom. The van der Waals surface area contributed by atoms with Crippen molar-refractivity contribution in [2.75, 3.05) is 9.80 Å². The van der Waals surface area contributed by atoms with Crippen LogP contribution >= 0.6 is 0 Å². The lowest BCUT2D eigenvalue weighted by atomic mass is 9.70. The molecule has 0 saturated carbocycles. The predicted molar refractivity (Wildman–Crippen MR) is 566 cm³/mol. The summed E-state index contributed by atoms with van der Waals surface area (Å²) >= 11 is 0. The SMILES string of the molecule is CC1(C)c2ccccc2-c2c(-c3ccccc3N(c3ccc(-c4ccc(-c5ccccc5)cc4)cc3)c3ccc(-c4ccc5c(c4)-c4ccccc4C54c5ccccc5-c5c(-c6ccc7cc(-c8ccc(N(c9ccc(-c%10ccc%11c(c%10)-c%10ccccc%10C%11(C)c%10ccccc%10)cc9)c9ccccc9-c9cccc%10c9-c9ccccc9C%10(C)C)cc8)ccc7c6)cccc54)cc3)cccc21. The second-order valence-corrected chi connectivity index (χ2v) is 38.5. The maximum atomic E-state index is 2.47. The molecule has 0 N–H and O–H groups in total. The van der Waals surface area contributed by atoms with Crippen LogP contribution in [-0.2, 0) is 21.7 Å². The third kappa shape index (κ3) is 12.2. The summed E-state index contributed by atoms with van der Waals surface area (Å²) in [6.45, 7) is 11.9. The lowest BCUT2D eigenvalue weighted by Crippen LogP contribution is -2.25. The summed E-state index contributed by atoms with van der Waals surface area (Å²) in [4.78, 5) is 4.94. The van der Waals surface area contributed by atoms with Gasteiger partial charge < -0.3 is 9.80 Å². The van der Waals surface area contributed by atoms with E-state index in [9.17, 15) is 0 Å². The van der Waals surface area contributed by atoms with Crippen LogP contribution in [0.15, 0.2) is 479 Å². The molecule has 135 heavy (non-hydrogen) atoms. The topological polar surface area (TPSA) is 6.48 Å². The van der Waals surface area contributed by atoms with Gasteiger partial charge in [0.1, 0.15) is 0 Å². The van der Waals surface area contributed by atoms with Gasteiger partial charge in [0.15, 0.2) is 0 Å². The second kappa shape index (κ2) is 30.8. The van der Waals surface area contributed by atoms with Gasteiger partial charge in [-0.05, 0) is 297 Å². The maximum Gasteiger partial charge on any atom is 0.0725 e. The molecule has 26 rings (SSSR count). The highest BCUT2D eigenvalue weighted by Crippen LogP contribution is 2.66. The average Bonchev–Trinajstić information content (AvgIpc) is 1.50. The van der Waals surface area contributed by atoms with Crippen molar-refractivity contribution in [2.24, 2.45) is 0 Å². The van der Waals surface area contributed by atoms with Gasteiger partial charge in [-0.3, -0.25) is 0 Å². The van der Waals surface area contributed by atoms with Crippen molar-refractivity contribution in [1.82, 2.24) is 0 Å². The van der Waals surface area contributed by atoms with Gasteiger partial charge in [0, 0.05) is 50.1 Å². The highest BCUT2D eigenvalue weighted by Gasteiger charge is 2.53. The molecule has 0 aliphatic heterocycles. The molecule has 21 aromatic carbocycles. The third-order valence-corrected chi connectivity index (χ3v) is 30.8. The minimum atomic E-state index is -0.551. The van der Waals surface area contributed by atoms with E-state index in [1.807, 2.05) is 0 Å². The molecule has 0 radical (unpaired) electrons. The lowest BCUT2D eigenvalue weighted by Gasteiger charge is -2.30. The first-order chi connectivity index (χ1) is 66.3. The molecule has 0 saturated heterocycles. The fraction of sp³-hybridized carbons (Fsp3) is 0.0677. The number of para-hydroxylation sites is 2. The summed E-state index contributed by atoms with van der Waals surface area (Å²) in [5, 5.41) is 2.39. The van der Waals surface area contributed by atoms with E-state index < -0.39 is 5.41 Å². The van der Waals surface area contributed by atoms with E-state index >= 15 is 0 Å². The van der Waals surface area contributed by atoms with Gasteiger partial charge in [0.25, 0.3) is 0 Å². The van der Waals surface area contributed by atoms with Crippen LogP contribution in [0.3, 0.4) is 0 Å². The number of hydrogen-bond acceptors (Lipinski definition) is 2. The van der Waals surface area contributed by atoms with Crippen molar-refractivity contribution < 1.29 is 0 Å². The molecule has 5 aliphatic rings. The minimum Gasteiger partial charge on any atom is -0.310 e. The molecule has 1 spiro atoms. The third-order valence-electron chi connectivity index (χ3n) is 30.8. The fourth-order valence-electron chi connectivity index (χ4n) is 24.3. The van der Waals surface area contributed by atoms with Crippen molar-refractivity contribution in [3.05, 3.63) is 540 Å². The van der Waals surface area contributed by atoms with Crippen molar-refractivity contribution in [2.45, 2.75) is 56.3 Å². The summed E-state index contributed by atoms with van der Waals surface area (Å²) in [6.07, 6.45) is 0. The summed E-state index contributed by atoms with van der Waals surface area (Å²) in [5.74, 6) is 0. The normalized spacial score (nSPS) is 15.3. The molecular weight excluding hydrogens is 1630 g/mol. The van der Waals surface area contributed by atoms with Crippen LogP contribution in [-0.4, -0.2) is 0 Å². The smallest absolute Gasteiger partial charge is 0.0725 e. The van der Waals surface area contributed by atoms with Gasteiger partial charge in [-0.15, -0.1) is 0 Å². The van der Waals surface area contributed by atoms with E-state index in [2.05, 4.69) is 524 Å². The Morgan fingerprint density at radius 1 is 0.156 bits per heavy atom. The zero-order valence-corrected chi connectivity index (χ0v) is 76.0. The second-order valence-electron chi connectivity index (χ2n) is 38.5. The van der Waals surface area contributed by atoms with E-state index in [4.69, 9.17) is 0 Å². The van der Waals surface area contributed by atoms with Crippen LogP contribution in [0.2, 0.25) is 0 Å². The minimum absolute atomic E-state index is 0.143. The zero-order valence-electron chi connectivity index (χ0n) is 76.0. The number of anilines is 6. The highest BCUT2D eigenvalue weighted by molar-refractivity contribution is 6.05. The monoisotopic (exact) mass is 1720 g/mol. The van der Waals surface area contributed by atoms with Crippen molar-refractivity contribution in [3.8, 4) is 145 Å². The van der Waals surface area contributed by atoms with E-state index in [0.29, 0.717) is 0 Å². The number of rotatable bonds is 15. The van der Waals surface area contributed by atoms with Gasteiger partial charge in [-0.2, -0.15) is 0 Å². The zero-order chi connectivity index (χ0) is 90.0. The Balaban J connectivity index is 0.528. The van der Waals surface area contributed by atoms with E-state index in [0.717, 1.165) is 45.3 Å². The first-order valence-electron chi connectivity index (χ1n) is 47.5. The summed E-state index contributed by atoms with van der Waals surface area (Å²) < 4.78 is 0. The molecule has 0 amide bonds. The Labute approximate surface area is 790 Å². The van der Waals surface area contributed by atoms with Crippen molar-refractivity contribution in [1.29, 1.82) is 0 Å². The van der Waals surface area contributed by atoms with E-state index in [-0.39, 0.29) is 16.2 Å². The summed E-state index contributed by atoms with van der Waals surface area (Å²) in [6, 6.07) is 181. The largest absolute Gasteiger partial charge is 0.310 e. The van der Waals surface area contributed by atoms with Crippen LogP contribution in [0.5, 0.6) is 0 Å². The number of fused-ring (bicyclic) bond motifs is 20. The summed E-state index contributed by atoms with van der Waals surface area (Å²) in [5.41, 5.74) is 52.1. The first-order valence-corrected chi connectivity index (χ1v) is 47.5. The Hall–Kier alpha value is -16.5. The summed E-state index contributed by atoms with van der Waals surface area (Å²) in [7, 11) is 0. The van der Waals surface area contributed by atoms with E-state index in [1.54, 1.807) is 0 Å². The molecule has 0 aromatic heterocycles. The highest BCUT2D eigenvalue weighted by atomic mass is 15.2. The standard InChI is InChI=1S/C133H94N2/c1-130(2)115-43-19-14-37-110(115)128-108(41-27-48-122(128)130)106-35-17-24-51-125(106)134(99-71-61-88(62-72-99)87-55-53-86(54-56-87)85-29-8-6-9-30-85)101-77-67-91(68-78-101)96-70-80-121-114(84-96)105-34-13-22-46-119(105)133(121)120-47-23-16-39-112(120)127-103(40-26-50-124(127)133)97-60-59-93-81-92(57-58-94(93)82-97)89-63-73-100(74-64-89)135(126-52-25-18-36-107(126)109-42-28-49-123-129(109)111-38-15-20-44-116(111)131(123,3)4)102-75-65-90(66-76-102)95-69-79-118-113(83-95)104-33-12-21-45-117(104)132(118,5)98-31-10-7-11-32-98/h6-84H,1-5H3. The molecular formula is C133H94N2. The molecule has 2 atom stereocenters. The molecule has 5 aliphatic carbocycles. The molecule has 0 fully saturated rings. The quantitative estimate of drug-likeness (QED) is 0.101. The molecule has 21 aromatic rings. The van der Waals surface area contributed by atoms with Crippen LogP contribution < -0.4 is 9.80 Å². The van der Waals surface area contributed by atoms with Gasteiger partial charge in [0.05, 0.1) is 16.8 Å². The lowest BCUT2D eigenvalue weighted by molar-refractivity contribution is 0.660. The predicted octanol–water partition coefficient (Wildman–Crippen LogP) is 35.4. The van der Waals surface area contributed by atoms with Crippen molar-refractivity contribution >= 4 is 44.9 Å². The molecule has 2 heteroatoms. The molecule has 0 heterocycles. The van der Waals surface area contributed by atoms with Crippen LogP contribution in [0.25, 0.3) is 155 Å². The average molecular weight is 1720 g/mol. The number of hydrogen-bond donors (Lipinski definition) is 0. The number of benzene rings is 21. The van der Waals surface area contributed by atoms with Crippen LogP contribution in [0, 0.1) is 0 Å². The Bertz CT molecular complexity index is 8380. The molecule has 0 bridgehead atoms. The molecule has 636 valence electrons. The Morgan fingerprint density at radius 2 is 0.430 bits per heavy atom. The van der Waals surface area contributed by atoms with Crippen molar-refractivity contribution in [3.63, 3.8) is 0 Å². The molecule has 2 unspecified atom stereocenters. The van der Waals surface area contributed by atoms with E-state index in [1.165, 1.54) is 205 Å². The number of nitrogens with zero attached hydrogens (tertiary/aromatic N) is 2. The van der Waals surface area contributed by atoms with Gasteiger partial charge in [-0.25, -0.2) is 0 Å². The Kier molecular flexibility index (Phi) is 18.1. The molecule has 2 nitrogen and oxygen atoms in total. The maximum absolute atomic E-state index is 2.47. The van der Waals surface area contributed by atoms with Gasteiger partial charge in [-0.1, -0.05) is 422 Å². The van der Waals surface area contributed by atoms with Gasteiger partial charge >= 0.3 is 0 Å². The van der Waals surface area contributed by atoms with Crippen LogP contribution in [0.4, 0.5) is 34.1 Å². The van der Waals surface area contributed by atoms with Gasteiger partial charge in [0.2, 0.25) is 0 Å². The first kappa shape index (κ1) is 79.4.